The van der Waals surface area contributed by atoms with E-state index in [1.807, 2.05) is 0 Å². The van der Waals surface area contributed by atoms with Crippen LogP contribution in [0.25, 0.3) is 5.76 Å². The van der Waals surface area contributed by atoms with Crippen LogP contribution in [0, 0.1) is 0 Å². The van der Waals surface area contributed by atoms with Crippen LogP contribution in [0.2, 0.25) is 0 Å². The number of aliphatic hydroxyl groups excluding tert-OH is 1. The first kappa shape index (κ1) is 19.3. The van der Waals surface area contributed by atoms with Gasteiger partial charge in [-0.2, -0.15) is 0 Å². The van der Waals surface area contributed by atoms with Crippen LogP contribution < -0.4 is 4.74 Å². The number of phenols is 1. The van der Waals surface area contributed by atoms with Crippen molar-refractivity contribution in [2.45, 2.75) is 12.6 Å². The number of ether oxygens (including phenoxy) is 1. The molecule has 0 saturated carbocycles. The lowest BCUT2D eigenvalue weighted by Gasteiger charge is -2.24. The number of benzene rings is 2. The number of amides is 1. The average molecular weight is 405 g/mol. The summed E-state index contributed by atoms with van der Waals surface area (Å²) in [7, 11) is 1.52. The Morgan fingerprint density at radius 3 is 2.50 bits per heavy atom. The number of nitrogens with zero attached hydrogens (tertiary/aromatic N) is 1. The Balaban J connectivity index is 1.85. The Hall–Kier alpha value is -4.00. The molecule has 30 heavy (non-hydrogen) atoms. The van der Waals surface area contributed by atoms with E-state index in [4.69, 9.17) is 9.15 Å². The highest BCUT2D eigenvalue weighted by molar-refractivity contribution is 6.46. The van der Waals surface area contributed by atoms with Crippen molar-refractivity contribution >= 4 is 17.4 Å². The number of aromatic hydroxyl groups is 1. The van der Waals surface area contributed by atoms with Gasteiger partial charge in [0.2, 0.25) is 0 Å². The molecule has 0 spiro atoms. The Kier molecular flexibility index (Phi) is 5.02. The first-order valence-corrected chi connectivity index (χ1v) is 9.23. The number of aliphatic hydroxyl groups is 1. The minimum Gasteiger partial charge on any atom is -0.508 e. The Labute approximate surface area is 172 Å². The van der Waals surface area contributed by atoms with E-state index in [2.05, 4.69) is 0 Å². The maximum Gasteiger partial charge on any atom is 0.296 e. The molecule has 1 amide bonds. The molecule has 0 unspecified atom stereocenters. The summed E-state index contributed by atoms with van der Waals surface area (Å²) in [5.41, 5.74) is 0.815. The molecule has 0 aliphatic carbocycles. The highest BCUT2D eigenvalue weighted by Crippen LogP contribution is 2.41. The largest absolute Gasteiger partial charge is 0.508 e. The van der Waals surface area contributed by atoms with E-state index in [1.54, 1.807) is 48.5 Å². The van der Waals surface area contributed by atoms with Gasteiger partial charge in [-0.05, 0) is 54.1 Å². The molecule has 0 bridgehead atoms. The van der Waals surface area contributed by atoms with E-state index in [9.17, 15) is 19.8 Å². The molecule has 1 aliphatic rings. The molecule has 2 heterocycles. The molecule has 1 saturated heterocycles. The fraction of sp³-hybridized carbons (Fsp3) is 0.130. The SMILES string of the molecule is COc1ccc(/C(O)=C2\C(=O)C(=O)N(Cc3ccco3)[C@@H]2c2cccc(O)c2)cc1. The molecule has 1 atom stereocenters. The normalized spacial score (nSPS) is 18.0. The van der Waals surface area contributed by atoms with Crippen LogP contribution in [0.1, 0.15) is 22.9 Å². The minimum atomic E-state index is -0.885. The van der Waals surface area contributed by atoms with Gasteiger partial charge >= 0.3 is 0 Å². The second kappa shape index (κ2) is 7.79. The van der Waals surface area contributed by atoms with E-state index in [0.29, 0.717) is 22.6 Å². The Bertz CT molecular complexity index is 1110. The number of ketones is 1. The zero-order valence-electron chi connectivity index (χ0n) is 16.1. The van der Waals surface area contributed by atoms with Crippen molar-refractivity contribution in [3.05, 3.63) is 89.4 Å². The van der Waals surface area contributed by atoms with Gasteiger partial charge in [-0.1, -0.05) is 12.1 Å². The highest BCUT2D eigenvalue weighted by Gasteiger charge is 2.46. The number of phenolic OH excluding ortho intramolecular Hbond substituents is 1. The zero-order chi connectivity index (χ0) is 21.3. The first-order valence-electron chi connectivity index (χ1n) is 9.23. The van der Waals surface area contributed by atoms with E-state index in [-0.39, 0.29) is 23.6 Å². The maximum atomic E-state index is 12.9. The number of carbonyl (C=O) groups is 2. The number of hydrogen-bond donors (Lipinski definition) is 2. The van der Waals surface area contributed by atoms with Crippen LogP contribution in [-0.2, 0) is 16.1 Å². The quantitative estimate of drug-likeness (QED) is 0.382. The summed E-state index contributed by atoms with van der Waals surface area (Å²) in [5, 5.41) is 20.9. The number of hydrogen-bond acceptors (Lipinski definition) is 6. The first-order chi connectivity index (χ1) is 14.5. The van der Waals surface area contributed by atoms with Crippen molar-refractivity contribution in [1.29, 1.82) is 0 Å². The summed E-state index contributed by atoms with van der Waals surface area (Å²) in [6, 6.07) is 15.3. The lowest BCUT2D eigenvalue weighted by molar-refractivity contribution is -0.140. The predicted molar refractivity (Wildman–Crippen MR) is 108 cm³/mol. The fourth-order valence-electron chi connectivity index (χ4n) is 3.56. The Morgan fingerprint density at radius 1 is 1.10 bits per heavy atom. The van der Waals surface area contributed by atoms with Crippen LogP contribution >= 0.6 is 0 Å². The second-order valence-corrected chi connectivity index (χ2v) is 6.83. The van der Waals surface area contributed by atoms with E-state index in [0.717, 1.165) is 0 Å². The van der Waals surface area contributed by atoms with Gasteiger partial charge in [-0.25, -0.2) is 0 Å². The molecule has 4 rings (SSSR count). The number of furan rings is 1. The molecular formula is C23H19NO6. The van der Waals surface area contributed by atoms with Crippen molar-refractivity contribution in [1.82, 2.24) is 4.90 Å². The predicted octanol–water partition coefficient (Wildman–Crippen LogP) is 3.62. The van der Waals surface area contributed by atoms with Crippen molar-refractivity contribution in [3.8, 4) is 11.5 Å². The molecule has 2 aromatic carbocycles. The van der Waals surface area contributed by atoms with Crippen LogP contribution in [-0.4, -0.2) is 33.9 Å². The third kappa shape index (κ3) is 3.41. The summed E-state index contributed by atoms with van der Waals surface area (Å²) in [5.74, 6) is -0.786. The molecule has 0 radical (unpaired) electrons. The molecule has 3 aromatic rings. The number of carbonyl (C=O) groups excluding carboxylic acids is 2. The molecule has 1 aromatic heterocycles. The van der Waals surface area contributed by atoms with Crippen LogP contribution in [0.15, 0.2) is 76.9 Å². The van der Waals surface area contributed by atoms with Gasteiger partial charge in [0.15, 0.2) is 0 Å². The molecule has 1 fully saturated rings. The summed E-state index contributed by atoms with van der Waals surface area (Å²) in [6.07, 6.45) is 1.48. The summed E-state index contributed by atoms with van der Waals surface area (Å²) >= 11 is 0. The molecule has 2 N–H and O–H groups in total. The van der Waals surface area contributed by atoms with Crippen LogP contribution in [0.5, 0.6) is 11.5 Å². The third-order valence-electron chi connectivity index (χ3n) is 5.00. The highest BCUT2D eigenvalue weighted by atomic mass is 16.5. The molecular weight excluding hydrogens is 386 g/mol. The zero-order valence-corrected chi connectivity index (χ0v) is 16.1. The van der Waals surface area contributed by atoms with Crippen molar-refractivity contribution in [3.63, 3.8) is 0 Å². The summed E-state index contributed by atoms with van der Waals surface area (Å²) in [6.45, 7) is 0.0390. The van der Waals surface area contributed by atoms with Crippen molar-refractivity contribution in [2.75, 3.05) is 7.11 Å². The standard InChI is InChI=1S/C23H19NO6/c1-29-17-9-7-14(8-10-17)21(26)19-20(15-4-2-5-16(25)12-15)24(23(28)22(19)27)13-18-6-3-11-30-18/h2-12,20,25-26H,13H2,1H3/b21-19+/t20-/m1/s1. The van der Waals surface area contributed by atoms with Gasteiger partial charge < -0.3 is 24.3 Å². The lowest BCUT2D eigenvalue weighted by Crippen LogP contribution is -2.29. The summed E-state index contributed by atoms with van der Waals surface area (Å²) < 4.78 is 10.5. The van der Waals surface area contributed by atoms with E-state index < -0.39 is 17.7 Å². The second-order valence-electron chi connectivity index (χ2n) is 6.83. The van der Waals surface area contributed by atoms with Gasteiger partial charge in [-0.3, -0.25) is 9.59 Å². The molecule has 7 nitrogen and oxygen atoms in total. The van der Waals surface area contributed by atoms with E-state index >= 15 is 0 Å². The topological polar surface area (TPSA) is 100 Å². The number of Topliss-reactive ketones (excluding diaryl/α,β-unsaturated/α-hetero) is 1. The number of likely N-dealkylation sites (tertiary alicyclic amines) is 1. The molecule has 1 aliphatic heterocycles. The number of methoxy groups -OCH3 is 1. The number of rotatable bonds is 5. The van der Waals surface area contributed by atoms with Gasteiger partial charge in [0.25, 0.3) is 11.7 Å². The molecule has 7 heteroatoms. The van der Waals surface area contributed by atoms with Gasteiger partial charge in [0.1, 0.15) is 23.0 Å². The van der Waals surface area contributed by atoms with Gasteiger partial charge in [-0.15, -0.1) is 0 Å². The van der Waals surface area contributed by atoms with Gasteiger partial charge in [0, 0.05) is 5.56 Å². The average Bonchev–Trinajstić information content (AvgIpc) is 3.36. The fourth-order valence-corrected chi connectivity index (χ4v) is 3.56. The van der Waals surface area contributed by atoms with Crippen LogP contribution in [0.4, 0.5) is 0 Å². The smallest absolute Gasteiger partial charge is 0.296 e. The van der Waals surface area contributed by atoms with Crippen molar-refractivity contribution < 1.29 is 29.0 Å². The third-order valence-corrected chi connectivity index (χ3v) is 5.00. The monoisotopic (exact) mass is 405 g/mol. The summed E-state index contributed by atoms with van der Waals surface area (Å²) in [4.78, 5) is 27.1. The van der Waals surface area contributed by atoms with Gasteiger partial charge in [0.05, 0.1) is 31.5 Å². The minimum absolute atomic E-state index is 0.0134. The Morgan fingerprint density at radius 2 is 1.87 bits per heavy atom. The van der Waals surface area contributed by atoms with E-state index in [1.165, 1.54) is 30.4 Å². The van der Waals surface area contributed by atoms with Crippen LogP contribution in [0.3, 0.4) is 0 Å². The lowest BCUT2D eigenvalue weighted by atomic mass is 9.95. The maximum absolute atomic E-state index is 12.9. The molecule has 152 valence electrons. The van der Waals surface area contributed by atoms with Crippen molar-refractivity contribution in [2.24, 2.45) is 0 Å².